The van der Waals surface area contributed by atoms with Crippen LogP contribution in [0.5, 0.6) is 0 Å². The smallest absolute Gasteiger partial charge is 0.0600 e. The van der Waals surface area contributed by atoms with E-state index in [1.807, 2.05) is 0 Å². The first-order valence-electron chi connectivity index (χ1n) is 5.09. The summed E-state index contributed by atoms with van der Waals surface area (Å²) < 4.78 is 5.64. The Morgan fingerprint density at radius 1 is 1.46 bits per heavy atom. The van der Waals surface area contributed by atoms with Gasteiger partial charge in [0.05, 0.1) is 12.2 Å². The molecule has 1 rings (SSSR count). The zero-order chi connectivity index (χ0) is 9.90. The predicted molar refractivity (Wildman–Crippen MR) is 54.7 cm³/mol. The third-order valence-corrected chi connectivity index (χ3v) is 2.25. The van der Waals surface area contributed by atoms with Crippen LogP contribution in [-0.4, -0.2) is 42.8 Å². The Morgan fingerprint density at radius 2 is 2.15 bits per heavy atom. The van der Waals surface area contributed by atoms with E-state index in [9.17, 15) is 0 Å². The molecule has 1 aliphatic rings. The normalized spacial score (nSPS) is 25.4. The minimum Gasteiger partial charge on any atom is -0.375 e. The van der Waals surface area contributed by atoms with Gasteiger partial charge in [0, 0.05) is 19.1 Å². The van der Waals surface area contributed by atoms with Crippen molar-refractivity contribution in [1.29, 1.82) is 0 Å². The number of nitrogens with zero attached hydrogens (tertiary/aromatic N) is 1. The van der Waals surface area contributed by atoms with Crippen molar-refractivity contribution in [1.82, 2.24) is 4.90 Å². The average molecular weight is 186 g/mol. The minimum absolute atomic E-state index is 0.0121. The lowest BCUT2D eigenvalue weighted by Crippen LogP contribution is -2.31. The molecular formula is C10H22N2O. The van der Waals surface area contributed by atoms with Crippen LogP contribution < -0.4 is 5.73 Å². The van der Waals surface area contributed by atoms with Crippen molar-refractivity contribution in [3.8, 4) is 0 Å². The van der Waals surface area contributed by atoms with Crippen molar-refractivity contribution in [2.75, 3.05) is 26.2 Å². The molecule has 0 aromatic carbocycles. The molecule has 3 nitrogen and oxygen atoms in total. The van der Waals surface area contributed by atoms with E-state index in [-0.39, 0.29) is 5.60 Å². The standard InChI is InChI=1S/C10H22N2O/c1-10(2,3)13-7-6-12-5-4-9(11)8-12/h9H,4-8,11H2,1-3H3/t9-/m0/s1. The zero-order valence-electron chi connectivity index (χ0n) is 9.05. The van der Waals surface area contributed by atoms with E-state index in [1.165, 1.54) is 0 Å². The fourth-order valence-electron chi connectivity index (χ4n) is 1.55. The highest BCUT2D eigenvalue weighted by atomic mass is 16.5. The van der Waals surface area contributed by atoms with E-state index in [0.29, 0.717) is 6.04 Å². The predicted octanol–water partition coefficient (Wildman–Crippen LogP) is 0.835. The molecule has 0 aliphatic carbocycles. The summed E-state index contributed by atoms with van der Waals surface area (Å²) in [5.74, 6) is 0. The largest absolute Gasteiger partial charge is 0.375 e. The molecule has 1 heterocycles. The van der Waals surface area contributed by atoms with Crippen LogP contribution in [0.4, 0.5) is 0 Å². The SMILES string of the molecule is CC(C)(C)OCCN1CC[C@H](N)C1. The molecule has 3 heteroatoms. The van der Waals surface area contributed by atoms with Crippen LogP contribution in [0.25, 0.3) is 0 Å². The summed E-state index contributed by atoms with van der Waals surface area (Å²) in [4.78, 5) is 2.37. The molecule has 1 fully saturated rings. The van der Waals surface area contributed by atoms with E-state index in [0.717, 1.165) is 32.7 Å². The van der Waals surface area contributed by atoms with Crippen LogP contribution in [0.2, 0.25) is 0 Å². The summed E-state index contributed by atoms with van der Waals surface area (Å²) in [7, 11) is 0. The molecule has 0 spiro atoms. The summed E-state index contributed by atoms with van der Waals surface area (Å²) in [6.07, 6.45) is 1.13. The molecule has 0 unspecified atom stereocenters. The van der Waals surface area contributed by atoms with Crippen LogP contribution >= 0.6 is 0 Å². The van der Waals surface area contributed by atoms with E-state index in [4.69, 9.17) is 10.5 Å². The van der Waals surface area contributed by atoms with Crippen molar-refractivity contribution < 1.29 is 4.74 Å². The minimum atomic E-state index is -0.0121. The average Bonchev–Trinajstić information content (AvgIpc) is 2.33. The number of rotatable bonds is 3. The van der Waals surface area contributed by atoms with Crippen LogP contribution in [0.15, 0.2) is 0 Å². The lowest BCUT2D eigenvalue weighted by molar-refractivity contribution is -0.0110. The lowest BCUT2D eigenvalue weighted by Gasteiger charge is -2.22. The van der Waals surface area contributed by atoms with Gasteiger partial charge in [-0.1, -0.05) is 0 Å². The van der Waals surface area contributed by atoms with E-state index in [2.05, 4.69) is 25.7 Å². The molecule has 2 N–H and O–H groups in total. The van der Waals surface area contributed by atoms with Gasteiger partial charge < -0.3 is 10.5 Å². The molecule has 0 saturated carbocycles. The van der Waals surface area contributed by atoms with E-state index in [1.54, 1.807) is 0 Å². The fraction of sp³-hybridized carbons (Fsp3) is 1.00. The Kier molecular flexibility index (Phi) is 3.71. The van der Waals surface area contributed by atoms with Crippen molar-refractivity contribution in [3.63, 3.8) is 0 Å². The van der Waals surface area contributed by atoms with Gasteiger partial charge in [-0.2, -0.15) is 0 Å². The van der Waals surface area contributed by atoms with Gasteiger partial charge in [-0.25, -0.2) is 0 Å². The summed E-state index contributed by atoms with van der Waals surface area (Å²) >= 11 is 0. The first kappa shape index (κ1) is 11.0. The molecular weight excluding hydrogens is 164 g/mol. The van der Waals surface area contributed by atoms with Gasteiger partial charge >= 0.3 is 0 Å². The van der Waals surface area contributed by atoms with Crippen LogP contribution in [0.1, 0.15) is 27.2 Å². The van der Waals surface area contributed by atoms with Gasteiger partial charge in [0.15, 0.2) is 0 Å². The molecule has 0 aromatic heterocycles. The van der Waals surface area contributed by atoms with Gasteiger partial charge in [-0.05, 0) is 33.7 Å². The Morgan fingerprint density at radius 3 is 2.62 bits per heavy atom. The lowest BCUT2D eigenvalue weighted by atomic mass is 10.2. The van der Waals surface area contributed by atoms with Gasteiger partial charge in [-0.15, -0.1) is 0 Å². The Balaban J connectivity index is 2.07. The van der Waals surface area contributed by atoms with Crippen molar-refractivity contribution in [3.05, 3.63) is 0 Å². The van der Waals surface area contributed by atoms with Crippen molar-refractivity contribution >= 4 is 0 Å². The highest BCUT2D eigenvalue weighted by Gasteiger charge is 2.19. The number of ether oxygens (including phenoxy) is 1. The quantitative estimate of drug-likeness (QED) is 0.709. The van der Waals surface area contributed by atoms with E-state index < -0.39 is 0 Å². The highest BCUT2D eigenvalue weighted by Crippen LogP contribution is 2.09. The number of hydrogen-bond donors (Lipinski definition) is 1. The highest BCUT2D eigenvalue weighted by molar-refractivity contribution is 4.77. The van der Waals surface area contributed by atoms with E-state index >= 15 is 0 Å². The fourth-order valence-corrected chi connectivity index (χ4v) is 1.55. The molecule has 1 saturated heterocycles. The van der Waals surface area contributed by atoms with Gasteiger partial charge in [0.25, 0.3) is 0 Å². The second-order valence-electron chi connectivity index (χ2n) is 4.81. The monoisotopic (exact) mass is 186 g/mol. The summed E-state index contributed by atoms with van der Waals surface area (Å²) in [6.45, 7) is 10.3. The summed E-state index contributed by atoms with van der Waals surface area (Å²) in [5.41, 5.74) is 5.79. The molecule has 1 atom stereocenters. The number of likely N-dealkylation sites (tertiary alicyclic amines) is 1. The maximum Gasteiger partial charge on any atom is 0.0600 e. The van der Waals surface area contributed by atoms with Crippen LogP contribution in [-0.2, 0) is 4.74 Å². The third kappa shape index (κ3) is 4.60. The third-order valence-electron chi connectivity index (χ3n) is 2.25. The first-order valence-corrected chi connectivity index (χ1v) is 5.09. The van der Waals surface area contributed by atoms with Crippen molar-refractivity contribution in [2.24, 2.45) is 5.73 Å². The topological polar surface area (TPSA) is 38.5 Å². The van der Waals surface area contributed by atoms with Crippen molar-refractivity contribution in [2.45, 2.75) is 38.8 Å². The Bertz CT molecular complexity index is 153. The number of nitrogens with two attached hydrogens (primary N) is 1. The number of hydrogen-bond acceptors (Lipinski definition) is 3. The molecule has 13 heavy (non-hydrogen) atoms. The molecule has 0 aromatic rings. The Hall–Kier alpha value is -0.120. The summed E-state index contributed by atoms with van der Waals surface area (Å²) in [5, 5.41) is 0. The maximum absolute atomic E-state index is 5.80. The molecule has 0 radical (unpaired) electrons. The van der Waals surface area contributed by atoms with Crippen LogP contribution in [0, 0.1) is 0 Å². The van der Waals surface area contributed by atoms with Gasteiger partial charge in [0.1, 0.15) is 0 Å². The molecule has 0 bridgehead atoms. The molecule has 1 aliphatic heterocycles. The second-order valence-corrected chi connectivity index (χ2v) is 4.81. The van der Waals surface area contributed by atoms with Crippen LogP contribution in [0.3, 0.4) is 0 Å². The summed E-state index contributed by atoms with van der Waals surface area (Å²) in [6, 6.07) is 0.384. The second kappa shape index (κ2) is 4.40. The zero-order valence-corrected chi connectivity index (χ0v) is 9.05. The molecule has 0 amide bonds. The van der Waals surface area contributed by atoms with Gasteiger partial charge in [0.2, 0.25) is 0 Å². The Labute approximate surface area is 81.2 Å². The van der Waals surface area contributed by atoms with Gasteiger partial charge in [-0.3, -0.25) is 4.90 Å². The molecule has 78 valence electrons. The maximum atomic E-state index is 5.80. The first-order chi connectivity index (χ1) is 5.97.